The molecule has 1 fully saturated rings. The maximum atomic E-state index is 14.0. The quantitative estimate of drug-likeness (QED) is 0.100. The summed E-state index contributed by atoms with van der Waals surface area (Å²) in [4.78, 5) is 30.0. The van der Waals surface area contributed by atoms with Crippen LogP contribution >= 0.6 is 11.3 Å². The number of ketones is 1. The van der Waals surface area contributed by atoms with Gasteiger partial charge in [0.2, 0.25) is 0 Å². The molecule has 1 aromatic heterocycles. The van der Waals surface area contributed by atoms with Crippen LogP contribution in [-0.4, -0.2) is 55.1 Å². The van der Waals surface area contributed by atoms with Gasteiger partial charge in [0.15, 0.2) is 5.78 Å². The molecule has 5 aromatic rings. The Kier molecular flexibility index (Phi) is 8.63. The van der Waals surface area contributed by atoms with E-state index in [0.717, 1.165) is 51.8 Å². The molecule has 0 radical (unpaired) electrons. The van der Waals surface area contributed by atoms with Gasteiger partial charge in [0.25, 0.3) is 0 Å². The van der Waals surface area contributed by atoms with Gasteiger partial charge in [-0.05, 0) is 115 Å². The van der Waals surface area contributed by atoms with E-state index in [1.165, 1.54) is 17.8 Å². The van der Waals surface area contributed by atoms with Gasteiger partial charge in [-0.3, -0.25) is 9.69 Å². The zero-order chi connectivity index (χ0) is 30.6. The summed E-state index contributed by atoms with van der Waals surface area (Å²) in [5, 5.41) is 10.6. The summed E-state index contributed by atoms with van der Waals surface area (Å²) >= 11 is 1.43. The lowest BCUT2D eigenvalue weighted by atomic mass is 9.97. The van der Waals surface area contributed by atoms with Gasteiger partial charge >= 0.3 is 5.97 Å². The average Bonchev–Trinajstić information content (AvgIpc) is 3.64. The van der Waals surface area contributed by atoms with E-state index in [4.69, 9.17) is 14.2 Å². The van der Waals surface area contributed by atoms with Crippen LogP contribution in [-0.2, 0) is 0 Å². The van der Waals surface area contributed by atoms with Crippen molar-refractivity contribution in [2.75, 3.05) is 33.4 Å². The number of fused-ring (bicyclic) bond motifs is 1. The normalized spacial score (nSPS) is 14.9. The molecule has 7 nitrogen and oxygen atoms in total. The largest absolute Gasteiger partial charge is 0.508 e. The molecule has 1 aliphatic rings. The van der Waals surface area contributed by atoms with Crippen LogP contribution in [0.1, 0.15) is 39.6 Å². The van der Waals surface area contributed by atoms with Gasteiger partial charge in [0, 0.05) is 39.2 Å². The average molecular weight is 608 g/mol. The first-order valence-corrected chi connectivity index (χ1v) is 15.4. The van der Waals surface area contributed by atoms with Crippen molar-refractivity contribution in [3.05, 3.63) is 108 Å². The molecule has 8 heteroatoms. The van der Waals surface area contributed by atoms with Gasteiger partial charge in [0.1, 0.15) is 29.6 Å². The van der Waals surface area contributed by atoms with Crippen molar-refractivity contribution in [2.45, 2.75) is 13.3 Å². The van der Waals surface area contributed by atoms with E-state index in [-0.39, 0.29) is 11.5 Å². The van der Waals surface area contributed by atoms with Gasteiger partial charge in [-0.15, -0.1) is 11.3 Å². The number of hydrogen-bond donors (Lipinski definition) is 1. The van der Waals surface area contributed by atoms with E-state index in [1.54, 1.807) is 79.9 Å². The summed E-state index contributed by atoms with van der Waals surface area (Å²) in [5.41, 5.74) is 2.30. The Hall–Kier alpha value is -4.66. The number of esters is 1. The minimum absolute atomic E-state index is 0.125. The number of aromatic hydroxyl groups is 1. The van der Waals surface area contributed by atoms with Crippen LogP contribution < -0.4 is 14.2 Å². The summed E-state index contributed by atoms with van der Waals surface area (Å²) in [7, 11) is 1.57. The number of phenolic OH excluding ortho intramolecular Hbond substituents is 1. The first kappa shape index (κ1) is 29.4. The highest BCUT2D eigenvalue weighted by molar-refractivity contribution is 7.22. The van der Waals surface area contributed by atoms with E-state index < -0.39 is 5.97 Å². The second kappa shape index (κ2) is 12.9. The predicted molar refractivity (Wildman–Crippen MR) is 172 cm³/mol. The monoisotopic (exact) mass is 607 g/mol. The molecule has 0 saturated carbocycles. The fourth-order valence-electron chi connectivity index (χ4n) is 5.44. The highest BCUT2D eigenvalue weighted by atomic mass is 32.1. The number of ether oxygens (including phenoxy) is 3. The first-order chi connectivity index (χ1) is 21.4. The summed E-state index contributed by atoms with van der Waals surface area (Å²) in [6, 6.07) is 26.1. The lowest BCUT2D eigenvalue weighted by Crippen LogP contribution is -2.25. The molecule has 6 rings (SSSR count). The Bertz CT molecular complexity index is 1780. The molecular weight excluding hydrogens is 574 g/mol. The van der Waals surface area contributed by atoms with E-state index in [1.807, 2.05) is 18.2 Å². The van der Waals surface area contributed by atoms with Crippen LogP contribution in [0.3, 0.4) is 0 Å². The Balaban J connectivity index is 1.25. The maximum Gasteiger partial charge on any atom is 0.343 e. The Morgan fingerprint density at radius 3 is 2.25 bits per heavy atom. The fraction of sp³-hybridized carbons (Fsp3) is 0.222. The third kappa shape index (κ3) is 6.46. The van der Waals surface area contributed by atoms with Crippen molar-refractivity contribution in [1.82, 2.24) is 4.90 Å². The molecule has 1 saturated heterocycles. The highest BCUT2D eigenvalue weighted by Gasteiger charge is 2.23. The molecule has 44 heavy (non-hydrogen) atoms. The number of carbonyl (C=O) groups excluding carboxylic acids is 2. The molecule has 0 spiro atoms. The number of benzene rings is 4. The molecule has 0 bridgehead atoms. The van der Waals surface area contributed by atoms with Crippen molar-refractivity contribution in [2.24, 2.45) is 5.92 Å². The first-order valence-electron chi connectivity index (χ1n) is 14.6. The van der Waals surface area contributed by atoms with Gasteiger partial charge in [0.05, 0.1) is 12.7 Å². The van der Waals surface area contributed by atoms with Gasteiger partial charge in [-0.2, -0.15) is 0 Å². The number of methoxy groups -OCH3 is 1. The fourth-order valence-corrected chi connectivity index (χ4v) is 6.68. The lowest BCUT2D eigenvalue weighted by Gasteiger charge is -2.15. The van der Waals surface area contributed by atoms with Crippen LogP contribution in [0, 0.1) is 5.92 Å². The molecule has 2 heterocycles. The Morgan fingerprint density at radius 1 is 0.886 bits per heavy atom. The molecule has 224 valence electrons. The molecule has 1 N–H and O–H groups in total. The van der Waals surface area contributed by atoms with Crippen molar-refractivity contribution >= 4 is 33.2 Å². The SMILES string of the molecule is COc1ccc(C(=O)Oc2ccc3c(C(=O)c4ccc(OCCN5CCC(C)C5)cc4)c(-c4ccc(O)cc4)sc3c2)cc1. The van der Waals surface area contributed by atoms with E-state index >= 15 is 0 Å². The molecular formula is C36H33NO6S. The molecule has 4 aromatic carbocycles. The standard InChI is InChI=1S/C36H33NO6S/c1-23-17-18-37(22-23)19-20-42-29-13-5-24(6-14-29)34(39)33-31-16-15-30(43-36(40)26-7-11-28(41-2)12-8-26)21-32(31)44-35(33)25-3-9-27(38)10-4-25/h3-16,21,23,38H,17-20,22H2,1-2H3. The summed E-state index contributed by atoms with van der Waals surface area (Å²) < 4.78 is 17.6. The van der Waals surface area contributed by atoms with Gasteiger partial charge < -0.3 is 19.3 Å². The second-order valence-corrected chi connectivity index (χ2v) is 12.1. The number of thiophene rings is 1. The maximum absolute atomic E-state index is 14.0. The van der Waals surface area contributed by atoms with Crippen molar-refractivity contribution < 1.29 is 28.9 Å². The molecule has 0 amide bonds. The number of carbonyl (C=O) groups is 2. The number of rotatable bonds is 10. The Morgan fingerprint density at radius 2 is 1.57 bits per heavy atom. The van der Waals surface area contributed by atoms with Crippen LogP contribution in [0.25, 0.3) is 20.5 Å². The molecule has 1 unspecified atom stereocenters. The smallest absolute Gasteiger partial charge is 0.343 e. The minimum atomic E-state index is -0.490. The van der Waals surface area contributed by atoms with E-state index in [9.17, 15) is 14.7 Å². The predicted octanol–water partition coefficient (Wildman–Crippen LogP) is 7.45. The summed E-state index contributed by atoms with van der Waals surface area (Å²) in [5.74, 6) is 2.02. The zero-order valence-electron chi connectivity index (χ0n) is 24.6. The van der Waals surface area contributed by atoms with E-state index in [2.05, 4.69) is 11.8 Å². The molecule has 1 aliphatic heterocycles. The summed E-state index contributed by atoms with van der Waals surface area (Å²) in [6.45, 7) is 5.99. The Labute approximate surface area is 260 Å². The van der Waals surface area contributed by atoms with Crippen molar-refractivity contribution in [3.8, 4) is 33.4 Å². The third-order valence-corrected chi connectivity index (χ3v) is 9.06. The third-order valence-electron chi connectivity index (χ3n) is 7.86. The summed E-state index contributed by atoms with van der Waals surface area (Å²) in [6.07, 6.45) is 1.23. The van der Waals surface area contributed by atoms with Crippen molar-refractivity contribution in [3.63, 3.8) is 0 Å². The number of hydrogen-bond acceptors (Lipinski definition) is 8. The van der Waals surface area contributed by atoms with Crippen LogP contribution in [0.4, 0.5) is 0 Å². The van der Waals surface area contributed by atoms with Gasteiger partial charge in [-0.25, -0.2) is 4.79 Å². The van der Waals surface area contributed by atoms with Gasteiger partial charge in [-0.1, -0.05) is 6.92 Å². The minimum Gasteiger partial charge on any atom is -0.508 e. The molecule has 1 atom stereocenters. The van der Waals surface area contributed by atoms with Crippen LogP contribution in [0.2, 0.25) is 0 Å². The van der Waals surface area contributed by atoms with Crippen LogP contribution in [0.5, 0.6) is 23.0 Å². The van der Waals surface area contributed by atoms with E-state index in [0.29, 0.717) is 34.8 Å². The highest BCUT2D eigenvalue weighted by Crippen LogP contribution is 2.42. The number of phenols is 1. The lowest BCUT2D eigenvalue weighted by molar-refractivity contribution is 0.0734. The number of nitrogens with zero attached hydrogens (tertiary/aromatic N) is 1. The molecule has 0 aliphatic carbocycles. The number of likely N-dealkylation sites (tertiary alicyclic amines) is 1. The van der Waals surface area contributed by atoms with Crippen LogP contribution in [0.15, 0.2) is 91.0 Å². The topological polar surface area (TPSA) is 85.3 Å². The zero-order valence-corrected chi connectivity index (χ0v) is 25.4. The second-order valence-electron chi connectivity index (χ2n) is 11.0. The van der Waals surface area contributed by atoms with Crippen molar-refractivity contribution in [1.29, 1.82) is 0 Å².